The van der Waals surface area contributed by atoms with Crippen LogP contribution in [0.2, 0.25) is 0 Å². The van der Waals surface area contributed by atoms with Gasteiger partial charge in [-0.2, -0.15) is 8.78 Å². The Balaban J connectivity index is 2.10. The molecule has 0 atom stereocenters. The number of aryl methyl sites for hydroxylation is 1. The maximum atomic E-state index is 12.2. The zero-order chi connectivity index (χ0) is 11.5. The first-order valence-corrected chi connectivity index (χ1v) is 5.34. The summed E-state index contributed by atoms with van der Waals surface area (Å²) in [7, 11) is 0. The van der Waals surface area contributed by atoms with E-state index in [-0.39, 0.29) is 5.75 Å². The lowest BCUT2D eigenvalue weighted by Gasteiger charge is -2.13. The number of para-hydroxylation sites is 1. The molecule has 0 unspecified atom stereocenters. The van der Waals surface area contributed by atoms with Gasteiger partial charge in [-0.3, -0.25) is 0 Å². The summed E-state index contributed by atoms with van der Waals surface area (Å²) in [4.78, 5) is 0. The van der Waals surface area contributed by atoms with Gasteiger partial charge >= 0.3 is 6.61 Å². The van der Waals surface area contributed by atoms with Gasteiger partial charge in [-0.1, -0.05) is 12.1 Å². The Kier molecular flexibility index (Phi) is 3.27. The van der Waals surface area contributed by atoms with Crippen LogP contribution in [-0.2, 0) is 0 Å². The van der Waals surface area contributed by atoms with E-state index in [1.165, 1.54) is 6.07 Å². The normalized spacial score (nSPS) is 15.2. The van der Waals surface area contributed by atoms with Gasteiger partial charge < -0.3 is 9.47 Å². The summed E-state index contributed by atoms with van der Waals surface area (Å²) < 4.78 is 34.3. The Morgan fingerprint density at radius 2 is 2.12 bits per heavy atom. The molecule has 0 amide bonds. The molecule has 1 aliphatic carbocycles. The van der Waals surface area contributed by atoms with Gasteiger partial charge in [-0.25, -0.2) is 0 Å². The molecule has 0 bridgehead atoms. The second-order valence-corrected chi connectivity index (χ2v) is 4.04. The van der Waals surface area contributed by atoms with Gasteiger partial charge in [0.05, 0.1) is 6.61 Å². The van der Waals surface area contributed by atoms with Crippen molar-refractivity contribution in [2.24, 2.45) is 5.92 Å². The quantitative estimate of drug-likeness (QED) is 0.769. The minimum Gasteiger partial charge on any atom is -0.489 e. The maximum absolute atomic E-state index is 12.2. The Labute approximate surface area is 93.2 Å². The monoisotopic (exact) mass is 228 g/mol. The van der Waals surface area contributed by atoms with Crippen molar-refractivity contribution in [2.75, 3.05) is 6.61 Å². The number of ether oxygens (including phenoxy) is 2. The number of hydrogen-bond acceptors (Lipinski definition) is 2. The van der Waals surface area contributed by atoms with Crippen LogP contribution in [0.25, 0.3) is 0 Å². The van der Waals surface area contributed by atoms with E-state index in [2.05, 4.69) is 4.74 Å². The predicted molar refractivity (Wildman–Crippen MR) is 56.0 cm³/mol. The van der Waals surface area contributed by atoms with Crippen molar-refractivity contribution in [1.82, 2.24) is 0 Å². The molecular formula is C12H14F2O2. The maximum Gasteiger partial charge on any atom is 0.387 e. The molecule has 0 N–H and O–H groups in total. The summed E-state index contributed by atoms with van der Waals surface area (Å²) in [5.74, 6) is 1.14. The summed E-state index contributed by atoms with van der Waals surface area (Å²) >= 11 is 0. The standard InChI is InChI=1S/C12H14F2O2/c1-8-3-2-4-10(16-12(13)14)11(8)15-7-9-5-6-9/h2-4,9,12H,5-7H2,1H3. The van der Waals surface area contributed by atoms with E-state index in [9.17, 15) is 8.78 Å². The van der Waals surface area contributed by atoms with Crippen molar-refractivity contribution in [3.8, 4) is 11.5 Å². The van der Waals surface area contributed by atoms with Crippen LogP contribution in [0.15, 0.2) is 18.2 Å². The highest BCUT2D eigenvalue weighted by atomic mass is 19.3. The first kappa shape index (κ1) is 11.2. The van der Waals surface area contributed by atoms with E-state index in [1.807, 2.05) is 13.0 Å². The minimum absolute atomic E-state index is 0.121. The number of benzene rings is 1. The van der Waals surface area contributed by atoms with Gasteiger partial charge in [0.1, 0.15) is 0 Å². The molecule has 88 valence electrons. The first-order chi connectivity index (χ1) is 7.66. The largest absolute Gasteiger partial charge is 0.489 e. The number of alkyl halides is 2. The lowest BCUT2D eigenvalue weighted by molar-refractivity contribution is -0.0515. The Bertz CT molecular complexity index is 362. The highest BCUT2D eigenvalue weighted by Crippen LogP contribution is 2.35. The lowest BCUT2D eigenvalue weighted by Crippen LogP contribution is -2.07. The zero-order valence-corrected chi connectivity index (χ0v) is 9.08. The van der Waals surface area contributed by atoms with E-state index < -0.39 is 6.61 Å². The van der Waals surface area contributed by atoms with Crippen molar-refractivity contribution in [3.05, 3.63) is 23.8 Å². The van der Waals surface area contributed by atoms with Crippen LogP contribution in [0.4, 0.5) is 8.78 Å². The summed E-state index contributed by atoms with van der Waals surface area (Å²) in [6.45, 7) is -0.407. The van der Waals surface area contributed by atoms with Crippen molar-refractivity contribution in [2.45, 2.75) is 26.4 Å². The van der Waals surface area contributed by atoms with Crippen LogP contribution in [-0.4, -0.2) is 13.2 Å². The van der Waals surface area contributed by atoms with Crippen molar-refractivity contribution in [1.29, 1.82) is 0 Å². The van der Waals surface area contributed by atoms with Crippen LogP contribution >= 0.6 is 0 Å². The van der Waals surface area contributed by atoms with Crippen LogP contribution < -0.4 is 9.47 Å². The molecular weight excluding hydrogens is 214 g/mol. The smallest absolute Gasteiger partial charge is 0.387 e. The van der Waals surface area contributed by atoms with Crippen molar-refractivity contribution in [3.63, 3.8) is 0 Å². The van der Waals surface area contributed by atoms with Crippen molar-refractivity contribution < 1.29 is 18.3 Å². The fourth-order valence-corrected chi connectivity index (χ4v) is 1.48. The van der Waals surface area contributed by atoms with E-state index >= 15 is 0 Å². The van der Waals surface area contributed by atoms with Crippen LogP contribution in [0.3, 0.4) is 0 Å². The molecule has 16 heavy (non-hydrogen) atoms. The lowest BCUT2D eigenvalue weighted by atomic mass is 10.2. The third-order valence-electron chi connectivity index (χ3n) is 2.55. The van der Waals surface area contributed by atoms with E-state index in [1.54, 1.807) is 6.07 Å². The SMILES string of the molecule is Cc1cccc(OC(F)F)c1OCC1CC1. The summed E-state index contributed by atoms with van der Waals surface area (Å²) in [6.07, 6.45) is 2.33. The van der Waals surface area contributed by atoms with Crippen LogP contribution in [0.5, 0.6) is 11.5 Å². The second kappa shape index (κ2) is 4.68. The van der Waals surface area contributed by atoms with Gasteiger partial charge in [0, 0.05) is 0 Å². The molecule has 0 heterocycles. The van der Waals surface area contributed by atoms with Gasteiger partial charge in [0.2, 0.25) is 0 Å². The van der Waals surface area contributed by atoms with Gasteiger partial charge in [-0.05, 0) is 37.3 Å². The predicted octanol–water partition coefficient (Wildman–Crippen LogP) is 3.39. The summed E-state index contributed by atoms with van der Waals surface area (Å²) in [5.41, 5.74) is 0.818. The molecule has 0 aliphatic heterocycles. The average molecular weight is 228 g/mol. The molecule has 0 saturated heterocycles. The highest BCUT2D eigenvalue weighted by Gasteiger charge is 2.23. The number of hydrogen-bond donors (Lipinski definition) is 0. The molecule has 1 aromatic rings. The third kappa shape index (κ3) is 2.84. The molecule has 0 radical (unpaired) electrons. The third-order valence-corrected chi connectivity index (χ3v) is 2.55. The topological polar surface area (TPSA) is 18.5 Å². The molecule has 2 rings (SSSR count). The average Bonchev–Trinajstić information content (AvgIpc) is 2.99. The fourth-order valence-electron chi connectivity index (χ4n) is 1.48. The zero-order valence-electron chi connectivity index (χ0n) is 9.08. The Hall–Kier alpha value is -1.32. The number of rotatable bonds is 5. The first-order valence-electron chi connectivity index (χ1n) is 5.34. The van der Waals surface area contributed by atoms with Crippen LogP contribution in [0.1, 0.15) is 18.4 Å². The van der Waals surface area contributed by atoms with E-state index in [4.69, 9.17) is 4.74 Å². The molecule has 0 spiro atoms. The molecule has 1 fully saturated rings. The van der Waals surface area contributed by atoms with Gasteiger partial charge in [0.25, 0.3) is 0 Å². The molecule has 1 saturated carbocycles. The summed E-state index contributed by atoms with van der Waals surface area (Å²) in [6, 6.07) is 5.00. The second-order valence-electron chi connectivity index (χ2n) is 4.04. The molecule has 0 aromatic heterocycles. The Morgan fingerprint density at radius 3 is 2.75 bits per heavy atom. The van der Waals surface area contributed by atoms with Crippen molar-refractivity contribution >= 4 is 0 Å². The molecule has 1 aromatic carbocycles. The van der Waals surface area contributed by atoms with Crippen LogP contribution in [0, 0.1) is 12.8 Å². The van der Waals surface area contributed by atoms with Gasteiger partial charge in [-0.15, -0.1) is 0 Å². The van der Waals surface area contributed by atoms with E-state index in [0.29, 0.717) is 18.3 Å². The number of halogens is 2. The molecule has 4 heteroatoms. The fraction of sp³-hybridized carbons (Fsp3) is 0.500. The Morgan fingerprint density at radius 1 is 1.38 bits per heavy atom. The molecule has 2 nitrogen and oxygen atoms in total. The molecule has 1 aliphatic rings. The minimum atomic E-state index is -2.81. The van der Waals surface area contributed by atoms with Gasteiger partial charge in [0.15, 0.2) is 11.5 Å². The van der Waals surface area contributed by atoms with E-state index in [0.717, 1.165) is 18.4 Å². The highest BCUT2D eigenvalue weighted by molar-refractivity contribution is 5.45. The summed E-state index contributed by atoms with van der Waals surface area (Å²) in [5, 5.41) is 0.